The average Bonchev–Trinajstić information content (AvgIpc) is 3.22. The van der Waals surface area contributed by atoms with Crippen LogP contribution in [0.15, 0.2) is 53.8 Å². The Kier molecular flexibility index (Phi) is 6.02. The third-order valence-electron chi connectivity index (χ3n) is 5.22. The molecule has 4 rings (SSSR count). The van der Waals surface area contributed by atoms with Crippen LogP contribution in [0, 0.1) is 0 Å². The fraction of sp³-hybridized carbons (Fsp3) is 0.250. The number of hydrogen-bond acceptors (Lipinski definition) is 5. The van der Waals surface area contributed by atoms with Crippen LogP contribution < -0.4 is 20.9 Å². The molecule has 164 valence electrons. The highest BCUT2D eigenvalue weighted by molar-refractivity contribution is 5.94. The average molecular weight is 432 g/mol. The maximum absolute atomic E-state index is 13.1. The van der Waals surface area contributed by atoms with Gasteiger partial charge >= 0.3 is 0 Å². The number of rotatable bonds is 7. The highest BCUT2D eigenvalue weighted by Gasteiger charge is 2.20. The van der Waals surface area contributed by atoms with Crippen LogP contribution in [0.1, 0.15) is 24.7 Å². The lowest BCUT2D eigenvalue weighted by Crippen LogP contribution is -2.23. The number of nitrogens with zero attached hydrogens (tertiary/aromatic N) is 2. The summed E-state index contributed by atoms with van der Waals surface area (Å²) in [6, 6.07) is 10.3. The number of aryl methyl sites for hydroxylation is 1. The molecule has 0 saturated carbocycles. The topological polar surface area (TPSA) is 102 Å². The van der Waals surface area contributed by atoms with Gasteiger partial charge in [0.15, 0.2) is 6.61 Å². The normalized spacial score (nSPS) is 12.3. The van der Waals surface area contributed by atoms with Crippen molar-refractivity contribution in [2.45, 2.75) is 32.7 Å². The molecular formula is C24H24N4O4. The Morgan fingerprint density at radius 2 is 2.00 bits per heavy atom. The Labute approximate surface area is 184 Å². The van der Waals surface area contributed by atoms with Crippen LogP contribution >= 0.6 is 0 Å². The minimum atomic E-state index is -0.363. The molecule has 3 aromatic rings. The molecular weight excluding hydrogens is 408 g/mol. The minimum absolute atomic E-state index is 0.0796. The van der Waals surface area contributed by atoms with Crippen molar-refractivity contribution < 1.29 is 14.3 Å². The molecule has 2 amide bonds. The van der Waals surface area contributed by atoms with E-state index >= 15 is 0 Å². The predicted octanol–water partition coefficient (Wildman–Crippen LogP) is 3.05. The number of carbonyl (C=O) groups excluding carboxylic acids is 2. The summed E-state index contributed by atoms with van der Waals surface area (Å²) < 4.78 is 7.51. The SMILES string of the molecule is C=CCc1c(OCC(=O)Nc2cccc(NC(C)=O)c2)ccc2nc3n(c(=O)c12)CCC3. The molecule has 0 saturated heterocycles. The van der Waals surface area contributed by atoms with Crippen LogP contribution in [0.2, 0.25) is 0 Å². The van der Waals surface area contributed by atoms with Gasteiger partial charge in [-0.25, -0.2) is 4.98 Å². The fourth-order valence-electron chi connectivity index (χ4n) is 3.92. The quantitative estimate of drug-likeness (QED) is 0.559. The molecule has 0 atom stereocenters. The second-order valence-electron chi connectivity index (χ2n) is 7.62. The molecule has 2 aromatic carbocycles. The van der Waals surface area contributed by atoms with Crippen molar-refractivity contribution in [2.75, 3.05) is 17.2 Å². The molecule has 0 aliphatic carbocycles. The number of carbonyl (C=O) groups is 2. The van der Waals surface area contributed by atoms with E-state index in [0.717, 1.165) is 18.7 Å². The van der Waals surface area contributed by atoms with E-state index in [1.807, 2.05) is 0 Å². The van der Waals surface area contributed by atoms with Gasteiger partial charge in [0.25, 0.3) is 11.5 Å². The van der Waals surface area contributed by atoms with E-state index in [0.29, 0.717) is 46.6 Å². The summed E-state index contributed by atoms with van der Waals surface area (Å²) in [5.41, 5.74) is 2.35. The molecule has 1 aliphatic heterocycles. The van der Waals surface area contributed by atoms with Crippen molar-refractivity contribution in [3.63, 3.8) is 0 Å². The number of anilines is 2. The van der Waals surface area contributed by atoms with Crippen molar-refractivity contribution in [1.82, 2.24) is 9.55 Å². The second-order valence-corrected chi connectivity index (χ2v) is 7.62. The van der Waals surface area contributed by atoms with E-state index in [1.165, 1.54) is 6.92 Å². The summed E-state index contributed by atoms with van der Waals surface area (Å²) in [4.78, 5) is 41.4. The molecule has 0 spiro atoms. The van der Waals surface area contributed by atoms with Crippen molar-refractivity contribution in [3.05, 3.63) is 70.8 Å². The van der Waals surface area contributed by atoms with Crippen LogP contribution in [0.5, 0.6) is 5.75 Å². The number of benzene rings is 2. The van der Waals surface area contributed by atoms with Gasteiger partial charge < -0.3 is 15.4 Å². The fourth-order valence-corrected chi connectivity index (χ4v) is 3.92. The lowest BCUT2D eigenvalue weighted by molar-refractivity contribution is -0.118. The van der Waals surface area contributed by atoms with Gasteiger partial charge in [0, 0.05) is 36.8 Å². The number of fused-ring (bicyclic) bond motifs is 2. The van der Waals surface area contributed by atoms with E-state index in [9.17, 15) is 14.4 Å². The summed E-state index contributed by atoms with van der Waals surface area (Å²) in [6.07, 6.45) is 3.82. The smallest absolute Gasteiger partial charge is 0.262 e. The maximum Gasteiger partial charge on any atom is 0.262 e. The van der Waals surface area contributed by atoms with Gasteiger partial charge in [0.05, 0.1) is 10.9 Å². The van der Waals surface area contributed by atoms with Crippen molar-refractivity contribution in [2.24, 2.45) is 0 Å². The van der Waals surface area contributed by atoms with E-state index in [4.69, 9.17) is 4.74 Å². The van der Waals surface area contributed by atoms with Crippen molar-refractivity contribution in [3.8, 4) is 5.75 Å². The molecule has 1 aliphatic rings. The van der Waals surface area contributed by atoms with Crippen LogP contribution in [-0.4, -0.2) is 28.0 Å². The van der Waals surface area contributed by atoms with Crippen molar-refractivity contribution in [1.29, 1.82) is 0 Å². The molecule has 2 N–H and O–H groups in total. The van der Waals surface area contributed by atoms with Crippen LogP contribution in [0.4, 0.5) is 11.4 Å². The molecule has 0 bridgehead atoms. The van der Waals surface area contributed by atoms with E-state index in [1.54, 1.807) is 47.0 Å². The summed E-state index contributed by atoms with van der Waals surface area (Å²) in [6.45, 7) is 5.63. The van der Waals surface area contributed by atoms with Crippen LogP contribution in [-0.2, 0) is 29.0 Å². The highest BCUT2D eigenvalue weighted by atomic mass is 16.5. The second kappa shape index (κ2) is 9.05. The molecule has 32 heavy (non-hydrogen) atoms. The maximum atomic E-state index is 13.1. The number of allylic oxidation sites excluding steroid dienone is 1. The lowest BCUT2D eigenvalue weighted by atomic mass is 10.0. The Morgan fingerprint density at radius 3 is 2.75 bits per heavy atom. The molecule has 8 nitrogen and oxygen atoms in total. The first-order valence-electron chi connectivity index (χ1n) is 10.4. The summed E-state index contributed by atoms with van der Waals surface area (Å²) in [5.74, 6) is 0.705. The molecule has 1 aromatic heterocycles. The Balaban J connectivity index is 1.55. The van der Waals surface area contributed by atoms with Gasteiger partial charge in [-0.05, 0) is 43.2 Å². The standard InChI is InChI=1S/C24H24N4O4/c1-3-6-18-20(11-10-19-23(18)24(31)28-12-5-9-21(28)27-19)32-14-22(30)26-17-8-4-7-16(13-17)25-15(2)29/h3-4,7-8,10-11,13H,1,5-6,9,12,14H2,2H3,(H,25,29)(H,26,30). The van der Waals surface area contributed by atoms with E-state index < -0.39 is 0 Å². The van der Waals surface area contributed by atoms with Gasteiger partial charge in [0.1, 0.15) is 11.6 Å². The number of nitrogens with one attached hydrogen (secondary N) is 2. The number of aromatic nitrogens is 2. The first-order valence-corrected chi connectivity index (χ1v) is 10.4. The first-order chi connectivity index (χ1) is 15.5. The zero-order valence-corrected chi connectivity index (χ0v) is 17.8. The zero-order valence-electron chi connectivity index (χ0n) is 17.8. The van der Waals surface area contributed by atoms with Gasteiger partial charge in [-0.15, -0.1) is 6.58 Å². The first kappa shape index (κ1) is 21.3. The summed E-state index contributed by atoms with van der Waals surface area (Å²) in [5, 5.41) is 5.93. The summed E-state index contributed by atoms with van der Waals surface area (Å²) in [7, 11) is 0. The molecule has 8 heteroatoms. The summed E-state index contributed by atoms with van der Waals surface area (Å²) >= 11 is 0. The van der Waals surface area contributed by atoms with E-state index in [2.05, 4.69) is 22.2 Å². The molecule has 0 fully saturated rings. The number of hydrogen-bond donors (Lipinski definition) is 2. The van der Waals surface area contributed by atoms with Gasteiger partial charge in [0.2, 0.25) is 5.91 Å². The Hall–Kier alpha value is -3.94. The molecule has 2 heterocycles. The minimum Gasteiger partial charge on any atom is -0.483 e. The van der Waals surface area contributed by atoms with Crippen molar-refractivity contribution >= 4 is 34.1 Å². The zero-order chi connectivity index (χ0) is 22.7. The Morgan fingerprint density at radius 1 is 1.22 bits per heavy atom. The largest absolute Gasteiger partial charge is 0.483 e. The lowest BCUT2D eigenvalue weighted by Gasteiger charge is -2.14. The number of ether oxygens (including phenoxy) is 1. The Bertz CT molecular complexity index is 1280. The van der Waals surface area contributed by atoms with Gasteiger partial charge in [-0.2, -0.15) is 0 Å². The van der Waals surface area contributed by atoms with Gasteiger partial charge in [-0.3, -0.25) is 19.0 Å². The highest BCUT2D eigenvalue weighted by Crippen LogP contribution is 2.27. The molecule has 0 unspecified atom stereocenters. The van der Waals surface area contributed by atoms with Crippen LogP contribution in [0.3, 0.4) is 0 Å². The number of amides is 2. The van der Waals surface area contributed by atoms with Gasteiger partial charge in [-0.1, -0.05) is 12.1 Å². The third kappa shape index (κ3) is 4.39. The molecule has 0 radical (unpaired) electrons. The monoisotopic (exact) mass is 432 g/mol. The van der Waals surface area contributed by atoms with Crippen LogP contribution in [0.25, 0.3) is 10.9 Å². The van der Waals surface area contributed by atoms with E-state index in [-0.39, 0.29) is 24.0 Å². The third-order valence-corrected chi connectivity index (χ3v) is 5.22. The predicted molar refractivity (Wildman–Crippen MR) is 123 cm³/mol.